The van der Waals surface area contributed by atoms with Crippen LogP contribution in [-0.2, 0) is 19.6 Å². The first-order chi connectivity index (χ1) is 12.7. The zero-order valence-corrected chi connectivity index (χ0v) is 16.4. The minimum atomic E-state index is 0.708. The van der Waals surface area contributed by atoms with Gasteiger partial charge in [-0.15, -0.1) is 0 Å². The van der Waals surface area contributed by atoms with E-state index < -0.39 is 0 Å². The number of aromatic nitrogens is 4. The highest BCUT2D eigenvalue weighted by Crippen LogP contribution is 2.35. The van der Waals surface area contributed by atoms with Gasteiger partial charge in [-0.1, -0.05) is 13.0 Å². The summed E-state index contributed by atoms with van der Waals surface area (Å²) in [5, 5.41) is 4.60. The molecule has 0 saturated heterocycles. The highest BCUT2D eigenvalue weighted by Gasteiger charge is 2.35. The van der Waals surface area contributed by atoms with Crippen LogP contribution in [0.1, 0.15) is 51.1 Å². The Bertz CT molecular complexity index is 756. The highest BCUT2D eigenvalue weighted by molar-refractivity contribution is 7.71. The Morgan fingerprint density at radius 1 is 1.12 bits per heavy atom. The van der Waals surface area contributed by atoms with Crippen molar-refractivity contribution in [1.29, 1.82) is 0 Å². The summed E-state index contributed by atoms with van der Waals surface area (Å²) in [5.74, 6) is 0.889. The molecule has 2 aromatic rings. The summed E-state index contributed by atoms with van der Waals surface area (Å²) in [5.41, 5.74) is 1.10. The molecule has 5 nitrogen and oxygen atoms in total. The highest BCUT2D eigenvalue weighted by atomic mass is 32.1. The molecule has 0 aliphatic heterocycles. The molecule has 0 N–H and O–H groups in total. The van der Waals surface area contributed by atoms with Crippen molar-refractivity contribution in [3.63, 3.8) is 0 Å². The van der Waals surface area contributed by atoms with E-state index in [1.807, 2.05) is 29.3 Å². The van der Waals surface area contributed by atoms with Gasteiger partial charge >= 0.3 is 0 Å². The van der Waals surface area contributed by atoms with Gasteiger partial charge in [0.05, 0.1) is 6.67 Å². The number of hydrogen-bond acceptors (Lipinski definition) is 4. The Morgan fingerprint density at radius 3 is 2.50 bits per heavy atom. The van der Waals surface area contributed by atoms with E-state index in [2.05, 4.69) is 32.5 Å². The van der Waals surface area contributed by atoms with Crippen LogP contribution in [0.4, 0.5) is 0 Å². The molecule has 2 heterocycles. The van der Waals surface area contributed by atoms with Crippen molar-refractivity contribution in [3.05, 3.63) is 41.2 Å². The first-order valence-electron chi connectivity index (χ1n) is 9.98. The topological polar surface area (TPSA) is 38.9 Å². The molecule has 0 bridgehead atoms. The van der Waals surface area contributed by atoms with Gasteiger partial charge in [-0.2, -0.15) is 5.10 Å². The fourth-order valence-corrected chi connectivity index (χ4v) is 4.31. The predicted molar refractivity (Wildman–Crippen MR) is 105 cm³/mol. The smallest absolute Gasteiger partial charge is 0.198 e. The Kier molecular flexibility index (Phi) is 5.50. The van der Waals surface area contributed by atoms with Gasteiger partial charge in [0, 0.05) is 36.9 Å². The largest absolute Gasteiger partial charge is 0.306 e. The van der Waals surface area contributed by atoms with Crippen molar-refractivity contribution in [2.75, 3.05) is 0 Å². The maximum atomic E-state index is 5.70. The van der Waals surface area contributed by atoms with Crippen LogP contribution in [0, 0.1) is 10.7 Å². The van der Waals surface area contributed by atoms with Crippen LogP contribution in [0.15, 0.2) is 30.7 Å². The van der Waals surface area contributed by atoms with Crippen LogP contribution in [-0.4, -0.2) is 36.3 Å². The minimum Gasteiger partial charge on any atom is -0.306 e. The van der Waals surface area contributed by atoms with E-state index in [1.54, 1.807) is 0 Å². The molecule has 2 aromatic heterocycles. The zero-order valence-electron chi connectivity index (χ0n) is 15.6. The number of pyridine rings is 1. The SMILES string of the molecule is CC1CCC(N(Cn2ncn(CCc3ccccn3)c2=S)C2CC2)CC1. The van der Waals surface area contributed by atoms with Gasteiger partial charge in [0.25, 0.3) is 0 Å². The van der Waals surface area contributed by atoms with Crippen molar-refractivity contribution in [1.82, 2.24) is 24.2 Å². The van der Waals surface area contributed by atoms with Crippen LogP contribution in [0.2, 0.25) is 0 Å². The molecule has 140 valence electrons. The first kappa shape index (κ1) is 17.9. The van der Waals surface area contributed by atoms with Gasteiger partial charge in [-0.05, 0) is 68.8 Å². The molecule has 0 atom stereocenters. The van der Waals surface area contributed by atoms with E-state index >= 15 is 0 Å². The fourth-order valence-electron chi connectivity index (χ4n) is 4.07. The lowest BCUT2D eigenvalue weighted by molar-refractivity contribution is 0.0920. The molecule has 0 spiro atoms. The predicted octanol–water partition coefficient (Wildman–Crippen LogP) is 4.05. The second-order valence-electron chi connectivity index (χ2n) is 7.98. The van der Waals surface area contributed by atoms with Crippen molar-refractivity contribution in [2.24, 2.45) is 5.92 Å². The molecule has 2 saturated carbocycles. The van der Waals surface area contributed by atoms with Crippen LogP contribution in [0.5, 0.6) is 0 Å². The lowest BCUT2D eigenvalue weighted by Crippen LogP contribution is -2.41. The van der Waals surface area contributed by atoms with E-state index in [1.165, 1.54) is 38.5 Å². The van der Waals surface area contributed by atoms with Gasteiger partial charge in [-0.25, -0.2) is 4.68 Å². The van der Waals surface area contributed by atoms with Crippen molar-refractivity contribution < 1.29 is 0 Å². The van der Waals surface area contributed by atoms with Gasteiger partial charge in [0.1, 0.15) is 6.33 Å². The Balaban J connectivity index is 1.41. The maximum Gasteiger partial charge on any atom is 0.198 e. The monoisotopic (exact) mass is 371 g/mol. The summed E-state index contributed by atoms with van der Waals surface area (Å²) in [4.78, 5) is 7.07. The van der Waals surface area contributed by atoms with Crippen molar-refractivity contribution >= 4 is 12.2 Å². The molecule has 0 unspecified atom stereocenters. The maximum absolute atomic E-state index is 5.70. The second-order valence-corrected chi connectivity index (χ2v) is 8.34. The van der Waals surface area contributed by atoms with E-state index in [0.29, 0.717) is 6.04 Å². The molecule has 0 aromatic carbocycles. The normalized spacial score (nSPS) is 23.5. The molecule has 2 aliphatic rings. The van der Waals surface area contributed by atoms with E-state index in [0.717, 1.165) is 42.1 Å². The zero-order chi connectivity index (χ0) is 17.9. The molecule has 0 radical (unpaired) electrons. The third-order valence-corrected chi connectivity index (χ3v) is 6.34. The molecule has 26 heavy (non-hydrogen) atoms. The Hall–Kier alpha value is -1.53. The summed E-state index contributed by atoms with van der Waals surface area (Å²) in [6.07, 6.45) is 12.6. The van der Waals surface area contributed by atoms with Crippen molar-refractivity contribution in [3.8, 4) is 0 Å². The Labute approximate surface area is 161 Å². The van der Waals surface area contributed by atoms with Crippen molar-refractivity contribution in [2.45, 2.75) is 77.2 Å². The number of rotatable bonds is 7. The molecule has 2 fully saturated rings. The first-order valence-corrected chi connectivity index (χ1v) is 10.4. The lowest BCUT2D eigenvalue weighted by Gasteiger charge is -2.36. The third-order valence-electron chi connectivity index (χ3n) is 5.90. The van der Waals surface area contributed by atoms with Gasteiger partial charge in [-0.3, -0.25) is 9.88 Å². The van der Waals surface area contributed by atoms with E-state index in [-0.39, 0.29) is 0 Å². The van der Waals surface area contributed by atoms with E-state index in [4.69, 9.17) is 12.2 Å². The Morgan fingerprint density at radius 2 is 1.85 bits per heavy atom. The minimum absolute atomic E-state index is 0.708. The molecular formula is C20H29N5S. The number of nitrogens with zero attached hydrogens (tertiary/aromatic N) is 5. The molecule has 4 rings (SSSR count). The number of aryl methyl sites for hydroxylation is 2. The summed E-state index contributed by atoms with van der Waals surface area (Å²) in [7, 11) is 0. The average Bonchev–Trinajstić information content (AvgIpc) is 3.45. The molecule has 6 heteroatoms. The van der Waals surface area contributed by atoms with Gasteiger partial charge < -0.3 is 4.57 Å². The van der Waals surface area contributed by atoms with Crippen LogP contribution in [0.3, 0.4) is 0 Å². The van der Waals surface area contributed by atoms with Crippen LogP contribution >= 0.6 is 12.2 Å². The molecule has 0 amide bonds. The quantitative estimate of drug-likeness (QED) is 0.688. The van der Waals surface area contributed by atoms with Gasteiger partial charge in [0.2, 0.25) is 0 Å². The van der Waals surface area contributed by atoms with Crippen LogP contribution in [0.25, 0.3) is 0 Å². The second kappa shape index (κ2) is 8.01. The summed E-state index contributed by atoms with van der Waals surface area (Å²) >= 11 is 5.70. The summed E-state index contributed by atoms with van der Waals surface area (Å²) in [6, 6.07) is 7.50. The third kappa shape index (κ3) is 4.23. The standard InChI is InChI=1S/C20H29N5S/c1-16-5-7-18(8-6-16)24(19-9-10-19)15-25-20(26)23(14-22-25)13-11-17-4-2-3-12-21-17/h2-4,12,14,16,18-19H,5-11,13,15H2,1H3. The summed E-state index contributed by atoms with van der Waals surface area (Å²) < 4.78 is 4.93. The number of hydrogen-bond donors (Lipinski definition) is 0. The van der Waals surface area contributed by atoms with Crippen LogP contribution < -0.4 is 0 Å². The average molecular weight is 372 g/mol. The summed E-state index contributed by atoms with van der Waals surface area (Å²) in [6.45, 7) is 4.07. The molecular weight excluding hydrogens is 342 g/mol. The van der Waals surface area contributed by atoms with E-state index in [9.17, 15) is 0 Å². The van der Waals surface area contributed by atoms with Gasteiger partial charge in [0.15, 0.2) is 4.77 Å². The lowest BCUT2D eigenvalue weighted by atomic mass is 9.86. The fraction of sp³-hybridized carbons (Fsp3) is 0.650. The molecule has 2 aliphatic carbocycles.